The molecule has 0 aliphatic heterocycles. The maximum Gasteiger partial charge on any atom is 0.306 e. The van der Waals surface area contributed by atoms with Crippen LogP contribution in [0.4, 0.5) is 0 Å². The topological polar surface area (TPSA) is 78.9 Å². The van der Waals surface area contributed by atoms with Crippen molar-refractivity contribution in [1.29, 1.82) is 0 Å². The third-order valence-corrected chi connectivity index (χ3v) is 10.1. The van der Waals surface area contributed by atoms with E-state index < -0.39 is 6.10 Å². The zero-order valence-electron chi connectivity index (χ0n) is 39.4. The van der Waals surface area contributed by atoms with E-state index in [-0.39, 0.29) is 31.1 Å². The van der Waals surface area contributed by atoms with Crippen molar-refractivity contribution in [2.75, 3.05) is 13.2 Å². The minimum atomic E-state index is -0.807. The number of carbonyl (C=O) groups is 3. The van der Waals surface area contributed by atoms with Gasteiger partial charge in [0, 0.05) is 19.3 Å². The standard InChI is InChI=1S/C55H90O6/c1-4-7-10-13-16-19-22-25-27-30-33-36-39-42-45-48-54(57)60-51-52(50-59-53(56)47-44-41-38-35-32-29-24-21-18-15-12-9-6-3)61-55(58)49-46-43-40-37-34-31-28-26-23-20-17-14-11-8-5-2/h7-8,10-11,16-17,19-21,24-28,33,36,52H,4-6,9,12-15,18,22-23,29-32,34-35,37-51H2,1-3H3/b10-7-,11-8-,19-16-,20-17-,24-21-,27-25-,28-26-,36-33-/t52-/m0/s1. The summed E-state index contributed by atoms with van der Waals surface area (Å²) in [5, 5.41) is 0. The Hall–Kier alpha value is -3.67. The summed E-state index contributed by atoms with van der Waals surface area (Å²) in [4.78, 5) is 37.9. The predicted molar refractivity (Wildman–Crippen MR) is 260 cm³/mol. The first kappa shape index (κ1) is 57.3. The lowest BCUT2D eigenvalue weighted by molar-refractivity contribution is -0.167. The minimum absolute atomic E-state index is 0.103. The van der Waals surface area contributed by atoms with Crippen molar-refractivity contribution in [2.45, 2.75) is 219 Å². The van der Waals surface area contributed by atoms with Crippen molar-refractivity contribution in [2.24, 2.45) is 0 Å². The van der Waals surface area contributed by atoms with E-state index in [1.54, 1.807) is 0 Å². The van der Waals surface area contributed by atoms with Crippen molar-refractivity contribution >= 4 is 17.9 Å². The average molecular weight is 847 g/mol. The van der Waals surface area contributed by atoms with Crippen molar-refractivity contribution < 1.29 is 28.6 Å². The minimum Gasteiger partial charge on any atom is -0.462 e. The van der Waals surface area contributed by atoms with Gasteiger partial charge in [0.15, 0.2) is 6.10 Å². The second-order valence-corrected chi connectivity index (χ2v) is 16.0. The maximum absolute atomic E-state index is 12.8. The van der Waals surface area contributed by atoms with Gasteiger partial charge in [-0.25, -0.2) is 0 Å². The Kier molecular flexibility index (Phi) is 46.0. The second kappa shape index (κ2) is 49.0. The smallest absolute Gasteiger partial charge is 0.306 e. The number of unbranched alkanes of at least 4 members (excludes halogenated alkanes) is 16. The molecule has 0 aromatic heterocycles. The van der Waals surface area contributed by atoms with Crippen LogP contribution in [-0.2, 0) is 28.6 Å². The highest BCUT2D eigenvalue weighted by atomic mass is 16.6. The van der Waals surface area contributed by atoms with Crippen LogP contribution in [0.25, 0.3) is 0 Å². The van der Waals surface area contributed by atoms with Crippen LogP contribution in [0.15, 0.2) is 97.2 Å². The first-order chi connectivity index (χ1) is 30.0. The molecule has 0 fully saturated rings. The molecule has 0 N–H and O–H groups in total. The van der Waals surface area contributed by atoms with Gasteiger partial charge in [-0.05, 0) is 116 Å². The van der Waals surface area contributed by atoms with Crippen LogP contribution in [0, 0.1) is 0 Å². The number of hydrogen-bond donors (Lipinski definition) is 0. The third kappa shape index (κ3) is 47.2. The molecular formula is C55H90O6. The van der Waals surface area contributed by atoms with Gasteiger partial charge in [0.05, 0.1) is 0 Å². The normalized spacial score (nSPS) is 12.9. The van der Waals surface area contributed by atoms with Gasteiger partial charge in [-0.1, -0.05) is 176 Å². The quantitative estimate of drug-likeness (QED) is 0.0263. The fraction of sp³-hybridized carbons (Fsp3) is 0.655. The lowest BCUT2D eigenvalue weighted by Gasteiger charge is -2.18. The molecule has 0 radical (unpaired) electrons. The molecule has 6 nitrogen and oxygen atoms in total. The number of rotatable bonds is 43. The summed E-state index contributed by atoms with van der Waals surface area (Å²) in [6, 6.07) is 0. The van der Waals surface area contributed by atoms with Crippen molar-refractivity contribution in [1.82, 2.24) is 0 Å². The monoisotopic (exact) mass is 847 g/mol. The SMILES string of the molecule is CC/C=C\C/C=C\C/C=C\C/C=C\CCCCC(=O)OC[C@H](COC(=O)CCCCCCC/C=C\CCCCCC)OC(=O)CCCCCCC/C=C\C/C=C\C/C=C\CC. The molecule has 1 atom stereocenters. The van der Waals surface area contributed by atoms with Gasteiger partial charge in [-0.2, -0.15) is 0 Å². The Morgan fingerprint density at radius 1 is 0.344 bits per heavy atom. The van der Waals surface area contributed by atoms with Crippen molar-refractivity contribution in [3.05, 3.63) is 97.2 Å². The lowest BCUT2D eigenvalue weighted by atomic mass is 10.1. The lowest BCUT2D eigenvalue weighted by Crippen LogP contribution is -2.30. The summed E-state index contributed by atoms with van der Waals surface area (Å²) < 4.78 is 16.7. The highest BCUT2D eigenvalue weighted by molar-refractivity contribution is 5.71. The summed E-state index contributed by atoms with van der Waals surface area (Å²) >= 11 is 0. The Morgan fingerprint density at radius 2 is 0.639 bits per heavy atom. The Balaban J connectivity index is 4.51. The molecule has 0 aromatic carbocycles. The van der Waals surface area contributed by atoms with Crippen LogP contribution in [0.5, 0.6) is 0 Å². The fourth-order valence-electron chi connectivity index (χ4n) is 6.38. The van der Waals surface area contributed by atoms with E-state index in [1.165, 1.54) is 38.5 Å². The number of hydrogen-bond acceptors (Lipinski definition) is 6. The Morgan fingerprint density at radius 3 is 1.05 bits per heavy atom. The van der Waals surface area contributed by atoms with Crippen molar-refractivity contribution in [3.63, 3.8) is 0 Å². The van der Waals surface area contributed by atoms with Gasteiger partial charge >= 0.3 is 17.9 Å². The average Bonchev–Trinajstić information content (AvgIpc) is 3.26. The molecular weight excluding hydrogens is 757 g/mol. The molecule has 0 aliphatic rings. The van der Waals surface area contributed by atoms with Crippen LogP contribution in [-0.4, -0.2) is 37.2 Å². The molecule has 0 saturated carbocycles. The van der Waals surface area contributed by atoms with Gasteiger partial charge in [0.2, 0.25) is 0 Å². The molecule has 0 amide bonds. The van der Waals surface area contributed by atoms with Gasteiger partial charge in [-0.15, -0.1) is 0 Å². The predicted octanol–water partition coefficient (Wildman–Crippen LogP) is 16.2. The van der Waals surface area contributed by atoms with Crippen LogP contribution in [0.2, 0.25) is 0 Å². The highest BCUT2D eigenvalue weighted by Gasteiger charge is 2.19. The zero-order valence-corrected chi connectivity index (χ0v) is 39.4. The fourth-order valence-corrected chi connectivity index (χ4v) is 6.38. The number of ether oxygens (including phenoxy) is 3. The van der Waals surface area contributed by atoms with Gasteiger partial charge < -0.3 is 14.2 Å². The molecule has 0 aromatic rings. The van der Waals surface area contributed by atoms with E-state index in [1.807, 2.05) is 0 Å². The third-order valence-electron chi connectivity index (χ3n) is 10.1. The zero-order chi connectivity index (χ0) is 44.4. The largest absolute Gasteiger partial charge is 0.462 e. The molecule has 346 valence electrons. The summed E-state index contributed by atoms with van der Waals surface area (Å²) in [6.07, 6.45) is 63.9. The summed E-state index contributed by atoms with van der Waals surface area (Å²) in [5.74, 6) is -0.978. The Bertz CT molecular complexity index is 1250. The molecule has 6 heteroatoms. The summed E-state index contributed by atoms with van der Waals surface area (Å²) in [6.45, 7) is 6.32. The van der Waals surface area contributed by atoms with E-state index in [4.69, 9.17) is 14.2 Å². The maximum atomic E-state index is 12.8. The molecule has 0 unspecified atom stereocenters. The van der Waals surface area contributed by atoms with E-state index in [9.17, 15) is 14.4 Å². The van der Waals surface area contributed by atoms with Crippen LogP contribution < -0.4 is 0 Å². The molecule has 0 saturated heterocycles. The summed E-state index contributed by atoms with van der Waals surface area (Å²) in [5.41, 5.74) is 0. The number of esters is 3. The van der Waals surface area contributed by atoms with Crippen LogP contribution in [0.3, 0.4) is 0 Å². The summed E-state index contributed by atoms with van der Waals surface area (Å²) in [7, 11) is 0. The first-order valence-corrected chi connectivity index (χ1v) is 24.7. The van der Waals surface area contributed by atoms with Gasteiger partial charge in [0.25, 0.3) is 0 Å². The molecule has 0 rings (SSSR count). The second-order valence-electron chi connectivity index (χ2n) is 16.0. The van der Waals surface area contributed by atoms with Crippen LogP contribution in [0.1, 0.15) is 213 Å². The van der Waals surface area contributed by atoms with E-state index in [0.717, 1.165) is 135 Å². The molecule has 61 heavy (non-hydrogen) atoms. The van der Waals surface area contributed by atoms with E-state index in [0.29, 0.717) is 19.3 Å². The molecule has 0 aliphatic carbocycles. The number of carbonyl (C=O) groups excluding carboxylic acids is 3. The van der Waals surface area contributed by atoms with E-state index in [2.05, 4.69) is 118 Å². The van der Waals surface area contributed by atoms with Gasteiger partial charge in [-0.3, -0.25) is 14.4 Å². The van der Waals surface area contributed by atoms with Gasteiger partial charge in [0.1, 0.15) is 13.2 Å². The first-order valence-electron chi connectivity index (χ1n) is 24.7. The molecule has 0 bridgehead atoms. The van der Waals surface area contributed by atoms with E-state index >= 15 is 0 Å². The van der Waals surface area contributed by atoms with Crippen LogP contribution >= 0.6 is 0 Å². The molecule has 0 heterocycles. The Labute approximate surface area is 375 Å². The highest BCUT2D eigenvalue weighted by Crippen LogP contribution is 2.13. The molecule has 0 spiro atoms. The van der Waals surface area contributed by atoms with Crippen molar-refractivity contribution in [3.8, 4) is 0 Å². The number of allylic oxidation sites excluding steroid dienone is 16.